The molecule has 3 aromatic rings. The van der Waals surface area contributed by atoms with E-state index in [1.807, 2.05) is 66.9 Å². The summed E-state index contributed by atoms with van der Waals surface area (Å²) in [5.41, 5.74) is 5.46. The van der Waals surface area contributed by atoms with E-state index in [1.165, 1.54) is 0 Å². The smallest absolute Gasteiger partial charge is 0.267 e. The molecule has 3 nitrogen and oxygen atoms in total. The predicted molar refractivity (Wildman–Crippen MR) is 112 cm³/mol. The Balaban J connectivity index is 1.53. The average molecular weight is 401 g/mol. The maximum absolute atomic E-state index is 12.1. The van der Waals surface area contributed by atoms with E-state index in [1.54, 1.807) is 29.3 Å². The number of rotatable bonds is 6. The fourth-order valence-electron chi connectivity index (χ4n) is 2.18. The van der Waals surface area contributed by atoms with Crippen molar-refractivity contribution < 1.29 is 4.79 Å². The van der Waals surface area contributed by atoms with Gasteiger partial charge in [0.05, 0.1) is 6.21 Å². The summed E-state index contributed by atoms with van der Waals surface area (Å²) < 4.78 is 0. The van der Waals surface area contributed by atoms with Crippen LogP contribution in [-0.4, -0.2) is 12.1 Å². The average Bonchev–Trinajstić information content (AvgIpc) is 3.06. The number of hydrazone groups is 1. The first-order valence-electron chi connectivity index (χ1n) is 7.96. The van der Waals surface area contributed by atoms with Crippen LogP contribution in [0.15, 0.2) is 70.0 Å². The van der Waals surface area contributed by atoms with Gasteiger partial charge < -0.3 is 0 Å². The zero-order valence-electron chi connectivity index (χ0n) is 14.1. The maximum Gasteiger partial charge on any atom is 0.271 e. The van der Waals surface area contributed by atoms with Crippen LogP contribution in [0.2, 0.25) is 5.02 Å². The van der Waals surface area contributed by atoms with Crippen molar-refractivity contribution >= 4 is 46.8 Å². The van der Waals surface area contributed by atoms with Crippen LogP contribution in [0.3, 0.4) is 0 Å². The Morgan fingerprint density at radius 3 is 2.54 bits per heavy atom. The van der Waals surface area contributed by atoms with Crippen LogP contribution < -0.4 is 5.43 Å². The highest BCUT2D eigenvalue weighted by molar-refractivity contribution is 7.98. The highest BCUT2D eigenvalue weighted by atomic mass is 35.5. The third-order valence-electron chi connectivity index (χ3n) is 3.68. The van der Waals surface area contributed by atoms with E-state index >= 15 is 0 Å². The number of thiophene rings is 1. The van der Waals surface area contributed by atoms with Crippen LogP contribution in [0.5, 0.6) is 0 Å². The van der Waals surface area contributed by atoms with Gasteiger partial charge in [-0.25, -0.2) is 5.43 Å². The fourth-order valence-corrected chi connectivity index (χ4v) is 3.95. The standard InChI is InChI=1S/C20H17ClN2OS2/c1-14-10-11-25-19(14)12-22-23-20(24)16-4-2-15(3-5-16)13-26-18-8-6-17(21)7-9-18/h2-12H,13H2,1H3,(H,23,24)/b22-12+. The van der Waals surface area contributed by atoms with Crippen molar-refractivity contribution in [3.63, 3.8) is 0 Å². The van der Waals surface area contributed by atoms with Gasteiger partial charge in [0, 0.05) is 26.1 Å². The Bertz CT molecular complexity index is 902. The zero-order chi connectivity index (χ0) is 18.4. The topological polar surface area (TPSA) is 41.5 Å². The van der Waals surface area contributed by atoms with Crippen LogP contribution in [0.25, 0.3) is 0 Å². The zero-order valence-corrected chi connectivity index (χ0v) is 16.5. The molecule has 0 fully saturated rings. The molecule has 0 bridgehead atoms. The molecule has 0 saturated heterocycles. The second kappa shape index (κ2) is 9.03. The van der Waals surface area contributed by atoms with Crippen LogP contribution in [-0.2, 0) is 5.75 Å². The first kappa shape index (κ1) is 18.7. The summed E-state index contributed by atoms with van der Waals surface area (Å²) in [5.74, 6) is 0.617. The molecule has 0 atom stereocenters. The number of carbonyl (C=O) groups is 1. The van der Waals surface area contributed by atoms with Crippen molar-refractivity contribution in [2.75, 3.05) is 0 Å². The third kappa shape index (κ3) is 5.21. The van der Waals surface area contributed by atoms with Gasteiger partial charge in [-0.05, 0) is 65.9 Å². The number of hydrogen-bond acceptors (Lipinski definition) is 4. The van der Waals surface area contributed by atoms with Gasteiger partial charge >= 0.3 is 0 Å². The first-order valence-corrected chi connectivity index (χ1v) is 10.2. The SMILES string of the molecule is Cc1ccsc1/C=N/NC(=O)c1ccc(CSc2ccc(Cl)cc2)cc1. The minimum absolute atomic E-state index is 0.215. The number of carbonyl (C=O) groups excluding carboxylic acids is 1. The molecule has 132 valence electrons. The number of nitrogens with zero attached hydrogens (tertiary/aromatic N) is 1. The lowest BCUT2D eigenvalue weighted by atomic mass is 10.1. The molecule has 1 heterocycles. The van der Waals surface area contributed by atoms with E-state index in [2.05, 4.69) is 10.5 Å². The normalized spacial score (nSPS) is 11.0. The second-order valence-electron chi connectivity index (χ2n) is 5.61. The molecule has 3 rings (SSSR count). The molecule has 2 aromatic carbocycles. The lowest BCUT2D eigenvalue weighted by Crippen LogP contribution is -2.17. The summed E-state index contributed by atoms with van der Waals surface area (Å²) >= 11 is 9.21. The van der Waals surface area contributed by atoms with Gasteiger partial charge in [-0.1, -0.05) is 23.7 Å². The summed E-state index contributed by atoms with van der Waals surface area (Å²) in [5, 5.41) is 6.76. The number of benzene rings is 2. The molecule has 0 aliphatic rings. The number of halogens is 1. The number of amides is 1. The molecule has 0 unspecified atom stereocenters. The minimum atomic E-state index is -0.215. The Hall–Kier alpha value is -2.08. The van der Waals surface area contributed by atoms with Crippen LogP contribution in [0.4, 0.5) is 0 Å². The highest BCUT2D eigenvalue weighted by Gasteiger charge is 2.05. The van der Waals surface area contributed by atoms with Crippen molar-refractivity contribution in [2.45, 2.75) is 17.6 Å². The Morgan fingerprint density at radius 1 is 1.15 bits per heavy atom. The molecule has 1 amide bonds. The molecule has 0 spiro atoms. The molecule has 0 radical (unpaired) electrons. The van der Waals surface area contributed by atoms with Crippen LogP contribution in [0, 0.1) is 6.92 Å². The molecular weight excluding hydrogens is 384 g/mol. The predicted octanol–water partition coefficient (Wildman–Crippen LogP) is 5.77. The lowest BCUT2D eigenvalue weighted by Gasteiger charge is -2.04. The molecule has 1 aromatic heterocycles. The first-order chi connectivity index (χ1) is 12.6. The van der Waals surface area contributed by atoms with Gasteiger partial charge in [0.15, 0.2) is 0 Å². The molecule has 0 saturated carbocycles. The molecule has 1 N–H and O–H groups in total. The quantitative estimate of drug-likeness (QED) is 0.324. The van der Waals surface area contributed by atoms with Gasteiger partial charge in [-0.2, -0.15) is 5.10 Å². The Morgan fingerprint density at radius 2 is 1.88 bits per heavy atom. The molecule has 0 aliphatic heterocycles. The molecule has 6 heteroatoms. The van der Waals surface area contributed by atoms with Gasteiger partial charge in [0.1, 0.15) is 0 Å². The number of aryl methyl sites for hydroxylation is 1. The Kier molecular flexibility index (Phi) is 6.50. The van der Waals surface area contributed by atoms with Crippen molar-refractivity contribution in [1.29, 1.82) is 0 Å². The summed E-state index contributed by atoms with van der Waals surface area (Å²) in [6, 6.07) is 17.4. The van der Waals surface area contributed by atoms with E-state index in [-0.39, 0.29) is 5.91 Å². The molecule has 0 aliphatic carbocycles. The lowest BCUT2D eigenvalue weighted by molar-refractivity contribution is 0.0955. The van der Waals surface area contributed by atoms with Gasteiger partial charge in [0.25, 0.3) is 5.91 Å². The fraction of sp³-hybridized carbons (Fsp3) is 0.100. The van der Waals surface area contributed by atoms with E-state index in [0.29, 0.717) is 5.56 Å². The number of nitrogens with one attached hydrogen (secondary N) is 1. The highest BCUT2D eigenvalue weighted by Crippen LogP contribution is 2.24. The summed E-state index contributed by atoms with van der Waals surface area (Å²) in [6.45, 7) is 2.01. The third-order valence-corrected chi connectivity index (χ3v) is 5.97. The van der Waals surface area contributed by atoms with Crippen molar-refractivity contribution in [1.82, 2.24) is 5.43 Å². The van der Waals surface area contributed by atoms with E-state index < -0.39 is 0 Å². The number of thioether (sulfide) groups is 1. The minimum Gasteiger partial charge on any atom is -0.267 e. The summed E-state index contributed by atoms with van der Waals surface area (Å²) in [4.78, 5) is 14.3. The van der Waals surface area contributed by atoms with E-state index in [0.717, 1.165) is 31.7 Å². The van der Waals surface area contributed by atoms with Crippen LogP contribution >= 0.6 is 34.7 Å². The Labute approximate surface area is 166 Å². The van der Waals surface area contributed by atoms with Crippen molar-refractivity contribution in [3.05, 3.63) is 86.6 Å². The van der Waals surface area contributed by atoms with Gasteiger partial charge in [-0.3, -0.25) is 4.79 Å². The van der Waals surface area contributed by atoms with E-state index in [9.17, 15) is 4.79 Å². The van der Waals surface area contributed by atoms with Crippen molar-refractivity contribution in [3.8, 4) is 0 Å². The largest absolute Gasteiger partial charge is 0.271 e. The van der Waals surface area contributed by atoms with E-state index in [4.69, 9.17) is 11.6 Å². The molecule has 26 heavy (non-hydrogen) atoms. The number of hydrogen-bond donors (Lipinski definition) is 1. The second-order valence-corrected chi connectivity index (χ2v) is 8.04. The molecular formula is C20H17ClN2OS2. The van der Waals surface area contributed by atoms with Crippen LogP contribution in [0.1, 0.15) is 26.4 Å². The van der Waals surface area contributed by atoms with Gasteiger partial charge in [0.2, 0.25) is 0 Å². The summed E-state index contributed by atoms with van der Waals surface area (Å²) in [6.07, 6.45) is 1.68. The monoisotopic (exact) mass is 400 g/mol. The summed E-state index contributed by atoms with van der Waals surface area (Å²) in [7, 11) is 0. The van der Waals surface area contributed by atoms with Gasteiger partial charge in [-0.15, -0.1) is 23.1 Å². The van der Waals surface area contributed by atoms with Crippen molar-refractivity contribution in [2.24, 2.45) is 5.10 Å². The maximum atomic E-state index is 12.1.